The molecule has 0 atom stereocenters. The van der Waals surface area contributed by atoms with Crippen molar-refractivity contribution in [2.75, 3.05) is 19.0 Å². The molecule has 2 aromatic carbocycles. The number of rotatable bonds is 6. The first-order valence-electron chi connectivity index (χ1n) is 6.63. The van der Waals surface area contributed by atoms with Crippen molar-refractivity contribution >= 4 is 29.4 Å². The predicted octanol–water partition coefficient (Wildman–Crippen LogP) is 2.91. The van der Waals surface area contributed by atoms with Gasteiger partial charge < -0.3 is 10.1 Å². The van der Waals surface area contributed by atoms with Gasteiger partial charge in [-0.05, 0) is 29.8 Å². The van der Waals surface area contributed by atoms with Crippen LogP contribution in [0.2, 0.25) is 5.02 Å². The molecule has 0 fully saturated rings. The zero-order valence-electron chi connectivity index (χ0n) is 12.0. The summed E-state index contributed by atoms with van der Waals surface area (Å²) in [5, 5.41) is 7.49. The number of halogens is 1. The number of para-hydroxylation sites is 2. The van der Waals surface area contributed by atoms with Gasteiger partial charge in [0.2, 0.25) is 0 Å². The first-order valence-corrected chi connectivity index (χ1v) is 7.01. The Labute approximate surface area is 133 Å². The number of ether oxygens (including phenoxy) is 1. The topological polar surface area (TPSA) is 62.7 Å². The second-order valence-corrected chi connectivity index (χ2v) is 4.84. The molecule has 0 aromatic heterocycles. The molecule has 114 valence electrons. The second-order valence-electron chi connectivity index (χ2n) is 4.40. The SMILES string of the molecule is COc1ccccc1NCC(=O)NN=Cc1cccc(Cl)c1. The van der Waals surface area contributed by atoms with Gasteiger partial charge in [-0.1, -0.05) is 35.9 Å². The Hall–Kier alpha value is -2.53. The molecule has 6 heteroatoms. The third-order valence-electron chi connectivity index (χ3n) is 2.80. The van der Waals surface area contributed by atoms with Crippen molar-refractivity contribution in [1.82, 2.24) is 5.43 Å². The van der Waals surface area contributed by atoms with E-state index in [1.165, 1.54) is 6.21 Å². The second kappa shape index (κ2) is 8.05. The Morgan fingerprint density at radius 3 is 2.86 bits per heavy atom. The minimum Gasteiger partial charge on any atom is -0.495 e. The third-order valence-corrected chi connectivity index (χ3v) is 3.03. The van der Waals surface area contributed by atoms with E-state index in [9.17, 15) is 4.79 Å². The number of carbonyl (C=O) groups excluding carboxylic acids is 1. The molecule has 0 bridgehead atoms. The molecule has 2 N–H and O–H groups in total. The summed E-state index contributed by atoms with van der Waals surface area (Å²) in [6.45, 7) is 0.0905. The van der Waals surface area contributed by atoms with Gasteiger partial charge >= 0.3 is 0 Å². The van der Waals surface area contributed by atoms with E-state index < -0.39 is 0 Å². The number of hydrazone groups is 1. The maximum atomic E-state index is 11.7. The van der Waals surface area contributed by atoms with Crippen molar-refractivity contribution in [3.63, 3.8) is 0 Å². The van der Waals surface area contributed by atoms with Crippen LogP contribution >= 0.6 is 11.6 Å². The Kier molecular flexibility index (Phi) is 5.80. The molecule has 0 aliphatic heterocycles. The van der Waals surface area contributed by atoms with Crippen LogP contribution in [-0.4, -0.2) is 25.8 Å². The summed E-state index contributed by atoms with van der Waals surface area (Å²) in [7, 11) is 1.58. The van der Waals surface area contributed by atoms with E-state index in [1.807, 2.05) is 36.4 Å². The molecule has 0 aliphatic carbocycles. The highest BCUT2D eigenvalue weighted by Gasteiger charge is 2.03. The third kappa shape index (κ3) is 4.79. The number of hydrogen-bond donors (Lipinski definition) is 2. The molecule has 2 aromatic rings. The fourth-order valence-electron chi connectivity index (χ4n) is 1.77. The summed E-state index contributed by atoms with van der Waals surface area (Å²) < 4.78 is 5.19. The summed E-state index contributed by atoms with van der Waals surface area (Å²) >= 11 is 5.86. The summed E-state index contributed by atoms with van der Waals surface area (Å²) in [5.41, 5.74) is 4.00. The molecule has 0 spiro atoms. The highest BCUT2D eigenvalue weighted by molar-refractivity contribution is 6.30. The summed E-state index contributed by atoms with van der Waals surface area (Å²) in [6, 6.07) is 14.6. The fraction of sp³-hybridized carbons (Fsp3) is 0.125. The van der Waals surface area contributed by atoms with E-state index >= 15 is 0 Å². The minimum absolute atomic E-state index is 0.0905. The van der Waals surface area contributed by atoms with Gasteiger partial charge in [0.1, 0.15) is 5.75 Å². The van der Waals surface area contributed by atoms with Crippen molar-refractivity contribution in [3.05, 3.63) is 59.1 Å². The number of carbonyl (C=O) groups is 1. The Morgan fingerprint density at radius 1 is 1.27 bits per heavy atom. The molecule has 2 rings (SSSR count). The molecule has 22 heavy (non-hydrogen) atoms. The number of nitrogens with one attached hydrogen (secondary N) is 2. The fourth-order valence-corrected chi connectivity index (χ4v) is 1.97. The average Bonchev–Trinajstić information content (AvgIpc) is 2.53. The smallest absolute Gasteiger partial charge is 0.259 e. The maximum Gasteiger partial charge on any atom is 0.259 e. The Balaban J connectivity index is 1.83. The quantitative estimate of drug-likeness (QED) is 0.636. The molecular formula is C16H16ClN3O2. The zero-order valence-corrected chi connectivity index (χ0v) is 12.8. The van der Waals surface area contributed by atoms with Gasteiger partial charge in [-0.15, -0.1) is 0 Å². The van der Waals surface area contributed by atoms with Crippen LogP contribution < -0.4 is 15.5 Å². The van der Waals surface area contributed by atoms with Crippen molar-refractivity contribution in [3.8, 4) is 5.75 Å². The van der Waals surface area contributed by atoms with Crippen molar-refractivity contribution in [1.29, 1.82) is 0 Å². The highest BCUT2D eigenvalue weighted by atomic mass is 35.5. The maximum absolute atomic E-state index is 11.7. The zero-order chi connectivity index (χ0) is 15.8. The van der Waals surface area contributed by atoms with Crippen molar-refractivity contribution < 1.29 is 9.53 Å². The van der Waals surface area contributed by atoms with Crippen LogP contribution in [0, 0.1) is 0 Å². The normalized spacial score (nSPS) is 10.5. The van der Waals surface area contributed by atoms with Gasteiger partial charge in [0.05, 0.1) is 25.6 Å². The lowest BCUT2D eigenvalue weighted by molar-refractivity contribution is -0.119. The van der Waals surface area contributed by atoms with E-state index in [2.05, 4.69) is 15.8 Å². The lowest BCUT2D eigenvalue weighted by Crippen LogP contribution is -2.26. The lowest BCUT2D eigenvalue weighted by atomic mass is 10.2. The molecule has 0 saturated carbocycles. The minimum atomic E-state index is -0.260. The van der Waals surface area contributed by atoms with Crippen LogP contribution in [0.4, 0.5) is 5.69 Å². The van der Waals surface area contributed by atoms with Crippen molar-refractivity contribution in [2.45, 2.75) is 0 Å². The monoisotopic (exact) mass is 317 g/mol. The number of hydrogen-bond acceptors (Lipinski definition) is 4. The van der Waals surface area contributed by atoms with E-state index in [0.717, 1.165) is 11.3 Å². The molecule has 5 nitrogen and oxygen atoms in total. The Bertz CT molecular complexity index is 674. The first-order chi connectivity index (χ1) is 10.7. The van der Waals surface area contributed by atoms with E-state index in [0.29, 0.717) is 10.8 Å². The van der Waals surface area contributed by atoms with Crippen LogP contribution in [-0.2, 0) is 4.79 Å². The van der Waals surface area contributed by atoms with E-state index in [-0.39, 0.29) is 12.5 Å². The predicted molar refractivity (Wildman–Crippen MR) is 88.7 cm³/mol. The number of amides is 1. The standard InChI is InChI=1S/C16H16ClN3O2/c1-22-15-8-3-2-7-14(15)18-11-16(21)20-19-10-12-5-4-6-13(17)9-12/h2-10,18H,11H2,1H3,(H,20,21). The summed E-state index contributed by atoms with van der Waals surface area (Å²) in [4.78, 5) is 11.7. The molecular weight excluding hydrogens is 302 g/mol. The van der Waals surface area contributed by atoms with Gasteiger partial charge in [-0.3, -0.25) is 4.79 Å². The molecule has 0 unspecified atom stereocenters. The Morgan fingerprint density at radius 2 is 2.09 bits per heavy atom. The summed E-state index contributed by atoms with van der Waals surface area (Å²) in [5.74, 6) is 0.418. The largest absolute Gasteiger partial charge is 0.495 e. The van der Waals surface area contributed by atoms with Gasteiger partial charge in [0.15, 0.2) is 0 Å². The highest BCUT2D eigenvalue weighted by Crippen LogP contribution is 2.22. The van der Waals surface area contributed by atoms with E-state index in [4.69, 9.17) is 16.3 Å². The average molecular weight is 318 g/mol. The molecule has 0 heterocycles. The molecule has 0 radical (unpaired) electrons. The van der Waals surface area contributed by atoms with E-state index in [1.54, 1.807) is 19.2 Å². The number of nitrogens with zero attached hydrogens (tertiary/aromatic N) is 1. The van der Waals surface area contributed by atoms with Crippen LogP contribution in [0.15, 0.2) is 53.6 Å². The number of anilines is 1. The van der Waals surface area contributed by atoms with Gasteiger partial charge in [0, 0.05) is 5.02 Å². The molecule has 0 aliphatic rings. The van der Waals surface area contributed by atoms with Crippen molar-refractivity contribution in [2.24, 2.45) is 5.10 Å². The number of benzene rings is 2. The summed E-state index contributed by atoms with van der Waals surface area (Å²) in [6.07, 6.45) is 1.53. The molecule has 1 amide bonds. The van der Waals surface area contributed by atoms with Gasteiger partial charge in [-0.25, -0.2) is 5.43 Å². The lowest BCUT2D eigenvalue weighted by Gasteiger charge is -2.09. The first kappa shape index (κ1) is 15.9. The number of methoxy groups -OCH3 is 1. The van der Waals surface area contributed by atoms with Crippen LogP contribution in [0.25, 0.3) is 0 Å². The van der Waals surface area contributed by atoms with Crippen LogP contribution in [0.5, 0.6) is 5.75 Å². The molecule has 0 saturated heterocycles. The van der Waals surface area contributed by atoms with Gasteiger partial charge in [-0.2, -0.15) is 5.10 Å². The van der Waals surface area contributed by atoms with Crippen LogP contribution in [0.1, 0.15) is 5.56 Å². The van der Waals surface area contributed by atoms with Crippen LogP contribution in [0.3, 0.4) is 0 Å². The van der Waals surface area contributed by atoms with Gasteiger partial charge in [0.25, 0.3) is 5.91 Å².